The number of rotatable bonds is 12. The Morgan fingerprint density at radius 2 is 1.84 bits per heavy atom. The number of piperidine rings is 1. The number of benzene rings is 2. The summed E-state index contributed by atoms with van der Waals surface area (Å²) >= 11 is 0. The lowest BCUT2D eigenvalue weighted by atomic mass is 9.95. The summed E-state index contributed by atoms with van der Waals surface area (Å²) in [5, 5.41) is 13.8. The zero-order valence-corrected chi connectivity index (χ0v) is 26.4. The molecule has 1 atom stereocenters. The first-order valence-corrected chi connectivity index (χ1v) is 17.1. The van der Waals surface area contributed by atoms with Crippen LogP contribution in [-0.2, 0) is 21.2 Å². The van der Waals surface area contributed by atoms with Crippen LogP contribution in [0.1, 0.15) is 48.8 Å². The van der Waals surface area contributed by atoms with E-state index in [1.54, 1.807) is 6.20 Å². The van der Waals surface area contributed by atoms with Crippen LogP contribution in [0.25, 0.3) is 22.0 Å². The Morgan fingerprint density at radius 1 is 1.07 bits per heavy atom. The maximum atomic E-state index is 11.5. The van der Waals surface area contributed by atoms with Gasteiger partial charge in [-0.15, -0.1) is 0 Å². The summed E-state index contributed by atoms with van der Waals surface area (Å²) in [5.41, 5.74) is 6.87. The smallest absolute Gasteiger partial charge is 0.304 e. The first-order chi connectivity index (χ1) is 21.1. The van der Waals surface area contributed by atoms with E-state index in [0.717, 1.165) is 76.0 Å². The second-order valence-corrected chi connectivity index (χ2v) is 13.9. The van der Waals surface area contributed by atoms with Gasteiger partial charge < -0.3 is 15.2 Å². The normalized spacial score (nSPS) is 15.8. The molecule has 1 aliphatic rings. The summed E-state index contributed by atoms with van der Waals surface area (Å²) in [6.45, 7) is 5.99. The lowest BCUT2D eigenvalue weighted by Crippen LogP contribution is -2.40. The highest BCUT2D eigenvalue weighted by molar-refractivity contribution is 7.90. The Balaban J connectivity index is 1.35. The molecular formula is C34H40N4O5S. The largest absolute Gasteiger partial charge is 0.493 e. The maximum absolute atomic E-state index is 11.5. The fraction of sp³-hybridized carbons (Fsp3) is 0.382. The number of aliphatic carboxylic acids is 1. The highest BCUT2D eigenvalue weighted by Crippen LogP contribution is 2.36. The fourth-order valence-electron chi connectivity index (χ4n) is 5.98. The van der Waals surface area contributed by atoms with Crippen molar-refractivity contribution in [2.24, 2.45) is 0 Å². The van der Waals surface area contributed by atoms with Crippen LogP contribution < -0.4 is 10.1 Å². The summed E-state index contributed by atoms with van der Waals surface area (Å²) < 4.78 is 28.9. The molecule has 1 aliphatic heterocycles. The van der Waals surface area contributed by atoms with Crippen LogP contribution in [0.5, 0.6) is 5.75 Å². The molecule has 1 saturated heterocycles. The molecule has 0 radical (unpaired) electrons. The molecule has 2 aromatic heterocycles. The average molecular weight is 617 g/mol. The Hall–Kier alpha value is -4.02. The van der Waals surface area contributed by atoms with Crippen LogP contribution in [0.2, 0.25) is 0 Å². The lowest BCUT2D eigenvalue weighted by molar-refractivity contribution is -0.138. The number of nitrogens with one attached hydrogen (secondary N) is 1. The standard InChI is InChI=1S/C34H40N4O5S/c1-23-28(29-11-7-13-31(24(29)2)43-17-8-18-44(3,41)42)10-6-12-30(23)37-34-33-26(14-15-35-34)19-25(21-36-33)22-38-16-5-4-9-27(38)20-32(39)40/h6-7,10-15,19,21,27H,4-5,8-9,16-18,20,22H2,1-3H3,(H,35,37)(H,39,40). The van der Waals surface area contributed by atoms with E-state index in [0.29, 0.717) is 25.4 Å². The molecule has 3 heterocycles. The number of pyridine rings is 2. The molecule has 0 saturated carbocycles. The van der Waals surface area contributed by atoms with Crippen molar-refractivity contribution in [2.75, 3.05) is 30.5 Å². The van der Waals surface area contributed by atoms with Crippen molar-refractivity contribution in [3.8, 4) is 16.9 Å². The van der Waals surface area contributed by atoms with Crippen LogP contribution in [0.3, 0.4) is 0 Å². The number of hydrogen-bond donors (Lipinski definition) is 2. The number of nitrogens with zero attached hydrogens (tertiary/aromatic N) is 3. The van der Waals surface area contributed by atoms with Gasteiger partial charge in [-0.25, -0.2) is 13.4 Å². The van der Waals surface area contributed by atoms with Gasteiger partial charge in [0.25, 0.3) is 0 Å². The number of hydrogen-bond acceptors (Lipinski definition) is 8. The molecule has 0 aliphatic carbocycles. The number of anilines is 2. The number of carboxylic acid groups (broad SMARTS) is 1. The molecule has 2 N–H and O–H groups in total. The summed E-state index contributed by atoms with van der Waals surface area (Å²) in [7, 11) is -3.02. The maximum Gasteiger partial charge on any atom is 0.304 e. The number of sulfone groups is 1. The molecule has 0 amide bonds. The third-order valence-corrected chi connectivity index (χ3v) is 9.31. The van der Waals surface area contributed by atoms with Crippen LogP contribution in [0, 0.1) is 13.8 Å². The van der Waals surface area contributed by atoms with Crippen molar-refractivity contribution in [2.45, 2.75) is 58.5 Å². The molecular weight excluding hydrogens is 576 g/mol. The number of fused-ring (bicyclic) bond motifs is 1. The first-order valence-electron chi connectivity index (χ1n) is 15.1. The number of aromatic nitrogens is 2. The topological polar surface area (TPSA) is 122 Å². The van der Waals surface area contributed by atoms with Crippen molar-refractivity contribution < 1.29 is 23.1 Å². The Morgan fingerprint density at radius 3 is 2.61 bits per heavy atom. The molecule has 44 heavy (non-hydrogen) atoms. The minimum Gasteiger partial charge on any atom is -0.493 e. The number of carboxylic acids is 1. The highest BCUT2D eigenvalue weighted by atomic mass is 32.2. The second-order valence-electron chi connectivity index (χ2n) is 11.7. The van der Waals surface area contributed by atoms with Crippen molar-refractivity contribution in [3.05, 3.63) is 77.6 Å². The summed E-state index contributed by atoms with van der Waals surface area (Å²) in [4.78, 5) is 23.1. The molecule has 5 rings (SSSR count). The van der Waals surface area contributed by atoms with E-state index in [9.17, 15) is 18.3 Å². The molecule has 10 heteroatoms. The van der Waals surface area contributed by atoms with Crippen molar-refractivity contribution >= 4 is 38.2 Å². The number of ether oxygens (including phenoxy) is 1. The summed E-state index contributed by atoms with van der Waals surface area (Å²) in [5.74, 6) is 0.750. The molecule has 1 unspecified atom stereocenters. The van der Waals surface area contributed by atoms with Gasteiger partial charge in [0.1, 0.15) is 21.1 Å². The Bertz CT molecular complexity index is 1760. The van der Waals surface area contributed by atoms with Gasteiger partial charge in [-0.2, -0.15) is 0 Å². The van der Waals surface area contributed by atoms with Gasteiger partial charge in [0.2, 0.25) is 0 Å². The fourth-order valence-corrected chi connectivity index (χ4v) is 6.62. The van der Waals surface area contributed by atoms with E-state index in [2.05, 4.69) is 40.3 Å². The van der Waals surface area contributed by atoms with E-state index >= 15 is 0 Å². The van der Waals surface area contributed by atoms with E-state index in [1.165, 1.54) is 6.26 Å². The van der Waals surface area contributed by atoms with Gasteiger partial charge in [0, 0.05) is 42.3 Å². The second kappa shape index (κ2) is 13.7. The molecule has 1 fully saturated rings. The van der Waals surface area contributed by atoms with Gasteiger partial charge in [0.15, 0.2) is 5.82 Å². The summed E-state index contributed by atoms with van der Waals surface area (Å²) in [6.07, 6.45) is 8.55. The monoisotopic (exact) mass is 616 g/mol. The third-order valence-electron chi connectivity index (χ3n) is 8.28. The van der Waals surface area contributed by atoms with E-state index in [4.69, 9.17) is 9.72 Å². The third kappa shape index (κ3) is 7.73. The van der Waals surface area contributed by atoms with E-state index in [-0.39, 0.29) is 18.2 Å². The average Bonchev–Trinajstić information content (AvgIpc) is 2.98. The van der Waals surface area contributed by atoms with Crippen LogP contribution in [0.15, 0.2) is 60.9 Å². The van der Waals surface area contributed by atoms with Gasteiger partial charge >= 0.3 is 5.97 Å². The lowest BCUT2D eigenvalue weighted by Gasteiger charge is -2.34. The van der Waals surface area contributed by atoms with Crippen molar-refractivity contribution in [1.82, 2.24) is 14.9 Å². The SMILES string of the molecule is Cc1c(Nc2nccc3cc(CN4CCCCC4CC(=O)O)cnc23)cccc1-c1cccc(OCCCS(C)(=O)=O)c1C. The highest BCUT2D eigenvalue weighted by Gasteiger charge is 2.25. The number of carbonyl (C=O) groups is 1. The molecule has 9 nitrogen and oxygen atoms in total. The van der Waals surface area contributed by atoms with Crippen molar-refractivity contribution in [1.29, 1.82) is 0 Å². The minimum absolute atomic E-state index is 0.0534. The van der Waals surface area contributed by atoms with Crippen LogP contribution >= 0.6 is 0 Å². The summed E-state index contributed by atoms with van der Waals surface area (Å²) in [6, 6.07) is 16.2. The van der Waals surface area contributed by atoms with Crippen LogP contribution in [0.4, 0.5) is 11.5 Å². The molecule has 2 aromatic carbocycles. The van der Waals surface area contributed by atoms with Gasteiger partial charge in [-0.3, -0.25) is 14.7 Å². The zero-order valence-electron chi connectivity index (χ0n) is 25.5. The molecule has 0 bridgehead atoms. The van der Waals surface area contributed by atoms with Gasteiger partial charge in [-0.05, 0) is 91.7 Å². The van der Waals surface area contributed by atoms with Crippen LogP contribution in [-0.4, -0.2) is 65.6 Å². The van der Waals surface area contributed by atoms with Crippen molar-refractivity contribution in [3.63, 3.8) is 0 Å². The number of likely N-dealkylation sites (tertiary alicyclic amines) is 1. The minimum atomic E-state index is -3.02. The van der Waals surface area contributed by atoms with E-state index in [1.807, 2.05) is 43.5 Å². The van der Waals surface area contributed by atoms with E-state index < -0.39 is 15.8 Å². The Labute approximate surface area is 259 Å². The quantitative estimate of drug-likeness (QED) is 0.177. The van der Waals surface area contributed by atoms with Gasteiger partial charge in [0.05, 0.1) is 18.8 Å². The predicted octanol–water partition coefficient (Wildman–Crippen LogP) is 6.30. The zero-order chi connectivity index (χ0) is 31.3. The molecule has 4 aromatic rings. The predicted molar refractivity (Wildman–Crippen MR) is 174 cm³/mol. The molecule has 0 spiro atoms. The Kier molecular flexibility index (Phi) is 9.80. The first kappa shape index (κ1) is 31.4. The molecule has 232 valence electrons. The van der Waals surface area contributed by atoms with Gasteiger partial charge in [-0.1, -0.05) is 30.7 Å².